The topological polar surface area (TPSA) is 42.0 Å². The number of carbonyl (C=O) groups excluding carboxylic acids is 1. The Balaban J connectivity index is 1.83. The highest BCUT2D eigenvalue weighted by Crippen LogP contribution is 2.35. The summed E-state index contributed by atoms with van der Waals surface area (Å²) in [5.74, 6) is -0.125. The van der Waals surface area contributed by atoms with Crippen LogP contribution in [-0.2, 0) is 6.42 Å². The molecule has 0 saturated heterocycles. The number of carbonyl (C=O) groups is 1. The summed E-state index contributed by atoms with van der Waals surface area (Å²) in [6.45, 7) is 1.88. The van der Waals surface area contributed by atoms with E-state index in [4.69, 9.17) is 0 Å². The number of nitrogens with one attached hydrogen (secondary N) is 1. The van der Waals surface area contributed by atoms with Crippen molar-refractivity contribution in [2.24, 2.45) is 0 Å². The molecule has 1 N–H and O–H groups in total. The minimum absolute atomic E-state index is 0.000937. The second-order valence-corrected chi connectivity index (χ2v) is 6.21. The first-order chi connectivity index (χ1) is 9.65. The monoisotopic (exact) mass is 330 g/mol. The number of amides is 1. The van der Waals surface area contributed by atoms with E-state index in [2.05, 4.69) is 38.4 Å². The Kier molecular flexibility index (Phi) is 3.57. The van der Waals surface area contributed by atoms with Gasteiger partial charge in [-0.3, -0.25) is 4.79 Å². The molecule has 102 valence electrons. The number of hydrogen-bond acceptors (Lipinski definition) is 2. The zero-order valence-electron chi connectivity index (χ0n) is 11.1. The minimum atomic E-state index is -0.125. The van der Waals surface area contributed by atoms with Gasteiger partial charge in [0, 0.05) is 10.5 Å². The summed E-state index contributed by atoms with van der Waals surface area (Å²) in [6.07, 6.45) is 0.933. The molecule has 4 heteroatoms. The summed E-state index contributed by atoms with van der Waals surface area (Å²) >= 11 is 3.67. The van der Waals surface area contributed by atoms with Crippen LogP contribution in [0.4, 0.5) is 0 Å². The summed E-state index contributed by atoms with van der Waals surface area (Å²) in [5, 5.41) is 3.08. The van der Waals surface area contributed by atoms with E-state index in [9.17, 15) is 4.79 Å². The van der Waals surface area contributed by atoms with Gasteiger partial charge in [0.15, 0.2) is 0 Å². The molecular formula is C16H15BrN2O. The van der Waals surface area contributed by atoms with E-state index < -0.39 is 0 Å². The van der Waals surface area contributed by atoms with E-state index in [1.807, 2.05) is 31.2 Å². The lowest BCUT2D eigenvalue weighted by atomic mass is 10.1. The van der Waals surface area contributed by atoms with Crippen LogP contribution in [0.5, 0.6) is 0 Å². The van der Waals surface area contributed by atoms with Gasteiger partial charge < -0.3 is 5.32 Å². The lowest BCUT2D eigenvalue weighted by molar-refractivity contribution is 0.0932. The minimum Gasteiger partial charge on any atom is -0.343 e. The summed E-state index contributed by atoms with van der Waals surface area (Å²) in [6, 6.07) is 13.7. The molecule has 1 aliphatic carbocycles. The van der Waals surface area contributed by atoms with Crippen molar-refractivity contribution in [3.63, 3.8) is 0 Å². The molecule has 3 nitrogen and oxygen atoms in total. The largest absolute Gasteiger partial charge is 0.343 e. The van der Waals surface area contributed by atoms with Crippen molar-refractivity contribution in [1.82, 2.24) is 10.3 Å². The van der Waals surface area contributed by atoms with Gasteiger partial charge in [-0.1, -0.05) is 46.3 Å². The number of pyridine rings is 1. The zero-order valence-corrected chi connectivity index (χ0v) is 12.7. The van der Waals surface area contributed by atoms with Crippen LogP contribution in [0.25, 0.3) is 0 Å². The molecule has 3 rings (SSSR count). The Morgan fingerprint density at radius 1 is 1.25 bits per heavy atom. The van der Waals surface area contributed by atoms with E-state index in [-0.39, 0.29) is 16.8 Å². The van der Waals surface area contributed by atoms with Gasteiger partial charge in [-0.2, -0.15) is 0 Å². The maximum atomic E-state index is 12.3. The quantitative estimate of drug-likeness (QED) is 0.859. The van der Waals surface area contributed by atoms with Gasteiger partial charge >= 0.3 is 0 Å². The molecule has 0 aliphatic heterocycles. The fourth-order valence-corrected chi connectivity index (χ4v) is 3.36. The Bertz CT molecular complexity index is 656. The predicted octanol–water partition coefficient (Wildman–Crippen LogP) is 3.18. The molecule has 1 aliphatic rings. The fraction of sp³-hybridized carbons (Fsp3) is 0.250. The number of benzene rings is 1. The van der Waals surface area contributed by atoms with Crippen molar-refractivity contribution in [1.29, 1.82) is 0 Å². The third kappa shape index (κ3) is 2.48. The van der Waals surface area contributed by atoms with Gasteiger partial charge in [0.25, 0.3) is 5.91 Å². The number of rotatable bonds is 2. The number of fused-ring (bicyclic) bond motifs is 1. The summed E-state index contributed by atoms with van der Waals surface area (Å²) in [5.41, 5.74) is 3.79. The molecule has 0 fully saturated rings. The van der Waals surface area contributed by atoms with Crippen molar-refractivity contribution in [3.05, 3.63) is 65.0 Å². The van der Waals surface area contributed by atoms with Gasteiger partial charge in [0.2, 0.25) is 0 Å². The first-order valence-electron chi connectivity index (χ1n) is 6.61. The molecule has 20 heavy (non-hydrogen) atoms. The summed E-state index contributed by atoms with van der Waals surface area (Å²) in [7, 11) is 0. The molecule has 2 atom stereocenters. The highest BCUT2D eigenvalue weighted by Gasteiger charge is 2.31. The molecule has 1 heterocycles. The SMILES string of the molecule is Cc1cccc(C(=O)NC2c3ccccc3CC2Br)n1. The van der Waals surface area contributed by atoms with Crippen LogP contribution in [0.2, 0.25) is 0 Å². The second kappa shape index (κ2) is 5.37. The van der Waals surface area contributed by atoms with Crippen LogP contribution < -0.4 is 5.32 Å². The van der Waals surface area contributed by atoms with Gasteiger partial charge in [-0.25, -0.2) is 4.98 Å². The Morgan fingerprint density at radius 3 is 2.85 bits per heavy atom. The molecule has 2 aromatic rings. The highest BCUT2D eigenvalue weighted by molar-refractivity contribution is 9.09. The van der Waals surface area contributed by atoms with E-state index in [0.29, 0.717) is 5.69 Å². The van der Waals surface area contributed by atoms with Crippen LogP contribution >= 0.6 is 15.9 Å². The standard InChI is InChI=1S/C16H15BrN2O/c1-10-5-4-8-14(18-10)16(20)19-15-12-7-3-2-6-11(12)9-13(15)17/h2-8,13,15H,9H2,1H3,(H,19,20). The highest BCUT2D eigenvalue weighted by atomic mass is 79.9. The smallest absolute Gasteiger partial charge is 0.270 e. The number of halogens is 1. The van der Waals surface area contributed by atoms with Gasteiger partial charge in [0.1, 0.15) is 5.69 Å². The van der Waals surface area contributed by atoms with Crippen LogP contribution in [0.3, 0.4) is 0 Å². The van der Waals surface area contributed by atoms with Gasteiger partial charge in [-0.15, -0.1) is 0 Å². The van der Waals surface area contributed by atoms with Crippen LogP contribution in [0, 0.1) is 6.92 Å². The third-order valence-corrected chi connectivity index (χ3v) is 4.43. The number of hydrogen-bond donors (Lipinski definition) is 1. The Hall–Kier alpha value is -1.68. The summed E-state index contributed by atoms with van der Waals surface area (Å²) < 4.78 is 0. The number of alkyl halides is 1. The van der Waals surface area contributed by atoms with Crippen molar-refractivity contribution < 1.29 is 4.79 Å². The molecule has 0 saturated carbocycles. The van der Waals surface area contributed by atoms with Gasteiger partial charge in [-0.05, 0) is 36.6 Å². The molecule has 0 bridgehead atoms. The molecule has 0 radical (unpaired) electrons. The van der Waals surface area contributed by atoms with E-state index in [1.165, 1.54) is 11.1 Å². The Morgan fingerprint density at radius 2 is 2.05 bits per heavy atom. The maximum Gasteiger partial charge on any atom is 0.270 e. The average molecular weight is 331 g/mol. The normalized spacial score (nSPS) is 20.5. The lowest BCUT2D eigenvalue weighted by Crippen LogP contribution is -2.32. The maximum absolute atomic E-state index is 12.3. The first-order valence-corrected chi connectivity index (χ1v) is 7.53. The molecule has 1 aromatic heterocycles. The number of aromatic nitrogens is 1. The van der Waals surface area contributed by atoms with Gasteiger partial charge in [0.05, 0.1) is 6.04 Å². The van der Waals surface area contributed by atoms with Crippen molar-refractivity contribution >= 4 is 21.8 Å². The fourth-order valence-electron chi connectivity index (χ4n) is 2.60. The van der Waals surface area contributed by atoms with Crippen molar-refractivity contribution in [2.75, 3.05) is 0 Å². The van der Waals surface area contributed by atoms with Crippen molar-refractivity contribution in [2.45, 2.75) is 24.2 Å². The zero-order chi connectivity index (χ0) is 14.1. The van der Waals surface area contributed by atoms with Crippen molar-refractivity contribution in [3.8, 4) is 0 Å². The predicted molar refractivity (Wildman–Crippen MR) is 82.0 cm³/mol. The van der Waals surface area contributed by atoms with E-state index in [0.717, 1.165) is 12.1 Å². The number of aryl methyl sites for hydroxylation is 1. The molecular weight excluding hydrogens is 316 g/mol. The average Bonchev–Trinajstić information content (AvgIpc) is 2.75. The number of nitrogens with zero attached hydrogens (tertiary/aromatic N) is 1. The van der Waals surface area contributed by atoms with Crippen LogP contribution in [0.1, 0.15) is 33.4 Å². The lowest BCUT2D eigenvalue weighted by Gasteiger charge is -2.17. The summed E-state index contributed by atoms with van der Waals surface area (Å²) in [4.78, 5) is 16.8. The molecule has 0 spiro atoms. The Labute approximate surface area is 126 Å². The first kappa shape index (κ1) is 13.3. The third-order valence-electron chi connectivity index (χ3n) is 3.57. The van der Waals surface area contributed by atoms with E-state index >= 15 is 0 Å². The molecule has 1 amide bonds. The van der Waals surface area contributed by atoms with E-state index in [1.54, 1.807) is 6.07 Å². The van der Waals surface area contributed by atoms with Crippen LogP contribution in [-0.4, -0.2) is 15.7 Å². The molecule has 1 aromatic carbocycles. The second-order valence-electron chi connectivity index (χ2n) is 5.03. The molecule has 2 unspecified atom stereocenters. The van der Waals surface area contributed by atoms with Crippen LogP contribution in [0.15, 0.2) is 42.5 Å².